The van der Waals surface area contributed by atoms with E-state index in [2.05, 4.69) is 10.2 Å². The molecule has 5 nitrogen and oxygen atoms in total. The molecule has 1 aliphatic carbocycles. The second kappa shape index (κ2) is 9.57. The van der Waals surface area contributed by atoms with Crippen molar-refractivity contribution < 1.29 is 9.59 Å². The van der Waals surface area contributed by atoms with Gasteiger partial charge >= 0.3 is 0 Å². The van der Waals surface area contributed by atoms with Gasteiger partial charge in [0.1, 0.15) is 0 Å². The summed E-state index contributed by atoms with van der Waals surface area (Å²) in [6, 6.07) is 8.13. The Labute approximate surface area is 174 Å². The van der Waals surface area contributed by atoms with Crippen LogP contribution in [-0.2, 0) is 9.59 Å². The van der Waals surface area contributed by atoms with E-state index in [-0.39, 0.29) is 17.9 Å². The van der Waals surface area contributed by atoms with E-state index in [1.807, 2.05) is 35.2 Å². The second-order valence-corrected chi connectivity index (χ2v) is 8.81. The molecule has 3 fully saturated rings. The molecule has 2 heterocycles. The lowest BCUT2D eigenvalue weighted by atomic mass is 10.0. The number of benzene rings is 1. The van der Waals surface area contributed by atoms with Crippen LogP contribution >= 0.6 is 0 Å². The van der Waals surface area contributed by atoms with Gasteiger partial charge in [0.05, 0.1) is 0 Å². The highest BCUT2D eigenvalue weighted by molar-refractivity contribution is 5.95. The van der Waals surface area contributed by atoms with Crippen LogP contribution in [0, 0.1) is 5.92 Å². The summed E-state index contributed by atoms with van der Waals surface area (Å²) in [6.45, 7) is 4.25. The van der Waals surface area contributed by atoms with Gasteiger partial charge in [-0.25, -0.2) is 0 Å². The van der Waals surface area contributed by atoms with Gasteiger partial charge in [0.2, 0.25) is 11.8 Å². The molecule has 4 rings (SSSR count). The first kappa shape index (κ1) is 20.1. The predicted octanol–water partition coefficient (Wildman–Crippen LogP) is 3.60. The highest BCUT2D eigenvalue weighted by Gasteiger charge is 2.24. The highest BCUT2D eigenvalue weighted by atomic mass is 16.2. The Morgan fingerprint density at radius 1 is 1.00 bits per heavy atom. The molecule has 156 valence electrons. The van der Waals surface area contributed by atoms with Crippen LogP contribution in [0.4, 0.5) is 5.69 Å². The van der Waals surface area contributed by atoms with Gasteiger partial charge in [-0.2, -0.15) is 0 Å². The fraction of sp³-hybridized carbons (Fsp3) is 0.583. The zero-order chi connectivity index (χ0) is 20.1. The Kier molecular flexibility index (Phi) is 6.65. The average Bonchev–Trinajstić information content (AvgIpc) is 3.40. The number of anilines is 1. The van der Waals surface area contributed by atoms with E-state index in [1.165, 1.54) is 32.2 Å². The van der Waals surface area contributed by atoms with Crippen LogP contribution in [0.3, 0.4) is 0 Å². The Morgan fingerprint density at radius 3 is 2.38 bits per heavy atom. The number of nitrogens with one attached hydrogen (secondary N) is 1. The molecule has 1 N–H and O–H groups in total. The fourth-order valence-electron chi connectivity index (χ4n) is 4.93. The molecule has 5 heteroatoms. The first-order valence-electron chi connectivity index (χ1n) is 11.3. The van der Waals surface area contributed by atoms with Crippen LogP contribution in [-0.4, -0.2) is 48.9 Å². The van der Waals surface area contributed by atoms with Gasteiger partial charge in [0, 0.05) is 50.4 Å². The van der Waals surface area contributed by atoms with Crippen LogP contribution < -0.4 is 10.2 Å². The summed E-state index contributed by atoms with van der Waals surface area (Å²) < 4.78 is 0. The Hall–Kier alpha value is -2.14. The third-order valence-corrected chi connectivity index (χ3v) is 6.63. The van der Waals surface area contributed by atoms with Gasteiger partial charge in [-0.15, -0.1) is 0 Å². The number of carbonyl (C=O) groups is 2. The third kappa shape index (κ3) is 5.47. The SMILES string of the molecule is O=C(/C=C/c1ccc(N2CCCC2=O)cc1)NC1CCN(CC2CCCC2)CC1. The van der Waals surface area contributed by atoms with Gasteiger partial charge in [-0.3, -0.25) is 9.59 Å². The molecule has 2 saturated heterocycles. The van der Waals surface area contributed by atoms with E-state index in [1.54, 1.807) is 6.08 Å². The lowest BCUT2D eigenvalue weighted by Gasteiger charge is -2.33. The third-order valence-electron chi connectivity index (χ3n) is 6.63. The summed E-state index contributed by atoms with van der Waals surface area (Å²) in [7, 11) is 0. The van der Waals surface area contributed by atoms with E-state index < -0.39 is 0 Å². The Balaban J connectivity index is 1.20. The van der Waals surface area contributed by atoms with Gasteiger partial charge in [0.25, 0.3) is 0 Å². The predicted molar refractivity (Wildman–Crippen MR) is 117 cm³/mol. The minimum absolute atomic E-state index is 0.0157. The van der Waals surface area contributed by atoms with E-state index in [9.17, 15) is 9.59 Å². The normalized spacial score (nSPS) is 22.1. The fourth-order valence-corrected chi connectivity index (χ4v) is 4.93. The number of rotatable bonds is 6. The second-order valence-electron chi connectivity index (χ2n) is 8.81. The van der Waals surface area contributed by atoms with Crippen LogP contribution in [0.2, 0.25) is 0 Å². The number of hydrogen-bond acceptors (Lipinski definition) is 3. The van der Waals surface area contributed by atoms with E-state index in [0.29, 0.717) is 6.42 Å². The molecule has 0 bridgehead atoms. The zero-order valence-corrected chi connectivity index (χ0v) is 17.3. The number of likely N-dealkylation sites (tertiary alicyclic amines) is 1. The highest BCUT2D eigenvalue weighted by Crippen LogP contribution is 2.26. The van der Waals surface area contributed by atoms with Crippen LogP contribution in [0.5, 0.6) is 0 Å². The van der Waals surface area contributed by atoms with Crippen molar-refractivity contribution in [3.8, 4) is 0 Å². The van der Waals surface area contributed by atoms with Crippen molar-refractivity contribution in [2.24, 2.45) is 5.92 Å². The van der Waals surface area contributed by atoms with Crippen molar-refractivity contribution in [2.75, 3.05) is 31.1 Å². The molecule has 2 aliphatic heterocycles. The number of amides is 2. The average molecular weight is 396 g/mol. The van der Waals surface area contributed by atoms with E-state index in [4.69, 9.17) is 0 Å². The molecule has 29 heavy (non-hydrogen) atoms. The van der Waals surface area contributed by atoms with Crippen molar-refractivity contribution in [1.82, 2.24) is 10.2 Å². The molecule has 1 aromatic rings. The molecular weight excluding hydrogens is 362 g/mol. The summed E-state index contributed by atoms with van der Waals surface area (Å²) in [5.41, 5.74) is 1.92. The lowest BCUT2D eigenvalue weighted by Crippen LogP contribution is -2.45. The molecular formula is C24H33N3O2. The molecule has 0 spiro atoms. The minimum atomic E-state index is -0.0157. The maximum Gasteiger partial charge on any atom is 0.244 e. The monoisotopic (exact) mass is 395 g/mol. The summed E-state index contributed by atoms with van der Waals surface area (Å²) in [4.78, 5) is 28.5. The largest absolute Gasteiger partial charge is 0.350 e. The van der Waals surface area contributed by atoms with Gasteiger partial charge in [-0.1, -0.05) is 25.0 Å². The maximum atomic E-state index is 12.3. The summed E-state index contributed by atoms with van der Waals surface area (Å²) in [5.74, 6) is 1.08. The van der Waals surface area contributed by atoms with Gasteiger partial charge in [0.15, 0.2) is 0 Å². The molecule has 0 aromatic heterocycles. The first-order chi connectivity index (χ1) is 14.2. The molecule has 0 atom stereocenters. The number of nitrogens with zero attached hydrogens (tertiary/aromatic N) is 2. The van der Waals surface area contributed by atoms with Crippen molar-refractivity contribution >= 4 is 23.6 Å². The van der Waals surface area contributed by atoms with Gasteiger partial charge < -0.3 is 15.1 Å². The summed E-state index contributed by atoms with van der Waals surface area (Å²) in [6.07, 6.45) is 12.7. The number of piperidine rings is 1. The lowest BCUT2D eigenvalue weighted by molar-refractivity contribution is -0.118. The van der Waals surface area contributed by atoms with Crippen LogP contribution in [0.15, 0.2) is 30.3 Å². The number of carbonyl (C=O) groups excluding carboxylic acids is 2. The van der Waals surface area contributed by atoms with E-state index >= 15 is 0 Å². The van der Waals surface area contributed by atoms with Crippen molar-refractivity contribution in [1.29, 1.82) is 0 Å². The quantitative estimate of drug-likeness (QED) is 0.749. The maximum absolute atomic E-state index is 12.3. The van der Waals surface area contributed by atoms with E-state index in [0.717, 1.165) is 56.1 Å². The molecule has 3 aliphatic rings. The topological polar surface area (TPSA) is 52.7 Å². The summed E-state index contributed by atoms with van der Waals surface area (Å²) >= 11 is 0. The van der Waals surface area contributed by atoms with Crippen LogP contribution in [0.25, 0.3) is 6.08 Å². The Bertz CT molecular complexity index is 729. The smallest absolute Gasteiger partial charge is 0.244 e. The molecule has 0 unspecified atom stereocenters. The molecule has 1 saturated carbocycles. The first-order valence-corrected chi connectivity index (χ1v) is 11.3. The van der Waals surface area contributed by atoms with Crippen molar-refractivity contribution in [3.63, 3.8) is 0 Å². The van der Waals surface area contributed by atoms with Crippen LogP contribution in [0.1, 0.15) is 56.9 Å². The standard InChI is InChI=1S/C24H33N3O2/c28-23(25-21-13-16-26(17-14-21)18-20-4-1-2-5-20)12-9-19-7-10-22(11-8-19)27-15-3-6-24(27)29/h7-12,20-21H,1-6,13-18H2,(H,25,28)/b12-9+. The molecule has 2 amide bonds. The van der Waals surface area contributed by atoms with Crippen molar-refractivity contribution in [3.05, 3.63) is 35.9 Å². The molecule has 1 aromatic carbocycles. The minimum Gasteiger partial charge on any atom is -0.350 e. The van der Waals surface area contributed by atoms with Crippen molar-refractivity contribution in [2.45, 2.75) is 57.4 Å². The van der Waals surface area contributed by atoms with Gasteiger partial charge in [-0.05, 0) is 61.8 Å². The zero-order valence-electron chi connectivity index (χ0n) is 17.3. The molecule has 0 radical (unpaired) electrons. The number of hydrogen-bond donors (Lipinski definition) is 1. The Morgan fingerprint density at radius 2 is 1.72 bits per heavy atom. The summed E-state index contributed by atoms with van der Waals surface area (Å²) in [5, 5.41) is 3.16.